The van der Waals surface area contributed by atoms with Crippen molar-refractivity contribution in [1.29, 1.82) is 5.26 Å². The molecule has 1 aromatic rings. The zero-order valence-corrected chi connectivity index (χ0v) is 12.3. The number of hydrogen-bond donors (Lipinski definition) is 2. The van der Waals surface area contributed by atoms with Gasteiger partial charge in [-0.15, -0.1) is 11.3 Å². The van der Waals surface area contributed by atoms with E-state index in [1.807, 2.05) is 6.92 Å². The number of nitrogens with one attached hydrogen (secondary N) is 1. The Bertz CT molecular complexity index is 509. The van der Waals surface area contributed by atoms with Crippen LogP contribution in [0.25, 0.3) is 0 Å². The highest BCUT2D eigenvalue weighted by Crippen LogP contribution is 2.22. The van der Waals surface area contributed by atoms with Gasteiger partial charge in [0.15, 0.2) is 0 Å². The van der Waals surface area contributed by atoms with Crippen molar-refractivity contribution in [2.75, 3.05) is 25.0 Å². The number of piperidine rings is 1. The molecular weight excluding hydrogens is 274 g/mol. The number of amides is 1. The van der Waals surface area contributed by atoms with Gasteiger partial charge in [-0.2, -0.15) is 5.26 Å². The third-order valence-electron chi connectivity index (χ3n) is 3.64. The minimum Gasteiger partial charge on any atom is -0.393 e. The standard InChI is InChI=1S/C14H19N3O2S/c1-10-9-17(5-2-12(10)18)6-3-13(19)16-14-11(8-15)4-7-20-14/h4,7,10,12,18H,2-3,5-6,9H2,1H3,(H,16,19). The molecule has 1 fully saturated rings. The summed E-state index contributed by atoms with van der Waals surface area (Å²) in [4.78, 5) is 14.1. The monoisotopic (exact) mass is 293 g/mol. The van der Waals surface area contributed by atoms with Crippen molar-refractivity contribution in [3.63, 3.8) is 0 Å². The zero-order valence-electron chi connectivity index (χ0n) is 11.5. The van der Waals surface area contributed by atoms with E-state index < -0.39 is 0 Å². The highest BCUT2D eigenvalue weighted by atomic mass is 32.1. The number of likely N-dealkylation sites (tertiary alicyclic amines) is 1. The van der Waals surface area contributed by atoms with Gasteiger partial charge in [0.25, 0.3) is 0 Å². The van der Waals surface area contributed by atoms with Gasteiger partial charge < -0.3 is 15.3 Å². The number of carbonyl (C=O) groups excluding carboxylic acids is 1. The molecule has 0 radical (unpaired) electrons. The Kier molecular flexibility index (Phi) is 5.12. The summed E-state index contributed by atoms with van der Waals surface area (Å²) >= 11 is 1.36. The molecule has 0 bridgehead atoms. The van der Waals surface area contributed by atoms with Crippen LogP contribution < -0.4 is 5.32 Å². The average Bonchev–Trinajstić information content (AvgIpc) is 2.87. The highest BCUT2D eigenvalue weighted by Gasteiger charge is 2.24. The summed E-state index contributed by atoms with van der Waals surface area (Å²) in [5, 5.41) is 23.7. The van der Waals surface area contributed by atoms with Crippen molar-refractivity contribution < 1.29 is 9.90 Å². The zero-order chi connectivity index (χ0) is 14.5. The van der Waals surface area contributed by atoms with Crippen molar-refractivity contribution >= 4 is 22.2 Å². The minimum atomic E-state index is -0.218. The summed E-state index contributed by atoms with van der Waals surface area (Å²) in [6.07, 6.45) is 0.960. The average molecular weight is 293 g/mol. The molecule has 0 aliphatic carbocycles. The van der Waals surface area contributed by atoms with Crippen LogP contribution in [-0.2, 0) is 4.79 Å². The molecule has 1 aromatic heterocycles. The molecular formula is C14H19N3O2S. The Morgan fingerprint density at radius 2 is 2.50 bits per heavy atom. The Hall–Kier alpha value is -1.42. The van der Waals surface area contributed by atoms with Crippen molar-refractivity contribution in [2.24, 2.45) is 5.92 Å². The van der Waals surface area contributed by atoms with Gasteiger partial charge in [-0.25, -0.2) is 0 Å². The third-order valence-corrected chi connectivity index (χ3v) is 4.47. The number of aliphatic hydroxyl groups is 1. The first-order valence-electron chi connectivity index (χ1n) is 6.78. The molecule has 0 spiro atoms. The Balaban J connectivity index is 1.77. The molecule has 0 saturated carbocycles. The second-order valence-electron chi connectivity index (χ2n) is 5.21. The summed E-state index contributed by atoms with van der Waals surface area (Å²) in [6, 6.07) is 3.76. The van der Waals surface area contributed by atoms with E-state index >= 15 is 0 Å². The maximum Gasteiger partial charge on any atom is 0.226 e. The van der Waals surface area contributed by atoms with Gasteiger partial charge in [0.2, 0.25) is 5.91 Å². The van der Waals surface area contributed by atoms with E-state index in [2.05, 4.69) is 16.3 Å². The van der Waals surface area contributed by atoms with Gasteiger partial charge in [-0.05, 0) is 23.8 Å². The minimum absolute atomic E-state index is 0.0669. The third kappa shape index (κ3) is 3.79. The number of hydrogen-bond acceptors (Lipinski definition) is 5. The molecule has 1 aliphatic rings. The van der Waals surface area contributed by atoms with Crippen LogP contribution in [0, 0.1) is 17.2 Å². The first kappa shape index (κ1) is 15.0. The Morgan fingerprint density at radius 3 is 3.20 bits per heavy atom. The van der Waals surface area contributed by atoms with Gasteiger partial charge >= 0.3 is 0 Å². The lowest BCUT2D eigenvalue weighted by Gasteiger charge is -2.34. The van der Waals surface area contributed by atoms with E-state index in [-0.39, 0.29) is 17.9 Å². The predicted molar refractivity (Wildman–Crippen MR) is 78.5 cm³/mol. The number of anilines is 1. The van der Waals surface area contributed by atoms with Crippen molar-refractivity contribution in [1.82, 2.24) is 4.90 Å². The van der Waals surface area contributed by atoms with E-state index in [1.54, 1.807) is 11.4 Å². The highest BCUT2D eigenvalue weighted by molar-refractivity contribution is 7.14. The molecule has 2 atom stereocenters. The predicted octanol–water partition coefficient (Wildman–Crippen LogP) is 1.65. The topological polar surface area (TPSA) is 76.4 Å². The fourth-order valence-electron chi connectivity index (χ4n) is 2.37. The molecule has 2 heterocycles. The van der Waals surface area contributed by atoms with Crippen LogP contribution in [-0.4, -0.2) is 41.7 Å². The van der Waals surface area contributed by atoms with Crippen LogP contribution >= 0.6 is 11.3 Å². The van der Waals surface area contributed by atoms with Gasteiger partial charge in [-0.3, -0.25) is 4.79 Å². The fraction of sp³-hybridized carbons (Fsp3) is 0.571. The van der Waals surface area contributed by atoms with Gasteiger partial charge in [0.05, 0.1) is 11.7 Å². The molecule has 0 aromatic carbocycles. The lowest BCUT2D eigenvalue weighted by molar-refractivity contribution is -0.116. The van der Waals surface area contributed by atoms with Crippen molar-refractivity contribution in [3.8, 4) is 6.07 Å². The van der Waals surface area contributed by atoms with E-state index in [4.69, 9.17) is 5.26 Å². The summed E-state index contributed by atoms with van der Waals surface area (Å²) in [7, 11) is 0. The SMILES string of the molecule is CC1CN(CCC(=O)Nc2sccc2C#N)CCC1O. The Morgan fingerprint density at radius 1 is 1.70 bits per heavy atom. The van der Waals surface area contributed by atoms with E-state index in [1.165, 1.54) is 11.3 Å². The van der Waals surface area contributed by atoms with Crippen LogP contribution in [0.15, 0.2) is 11.4 Å². The van der Waals surface area contributed by atoms with Crippen molar-refractivity contribution in [3.05, 3.63) is 17.0 Å². The summed E-state index contributed by atoms with van der Waals surface area (Å²) < 4.78 is 0. The van der Waals surface area contributed by atoms with Crippen LogP contribution in [0.1, 0.15) is 25.3 Å². The lowest BCUT2D eigenvalue weighted by atomic mass is 9.97. The molecule has 2 unspecified atom stereocenters. The second kappa shape index (κ2) is 6.84. The number of thiophene rings is 1. The molecule has 1 saturated heterocycles. The first-order chi connectivity index (χ1) is 9.60. The molecule has 1 amide bonds. The number of nitrogens with zero attached hydrogens (tertiary/aromatic N) is 2. The molecule has 2 N–H and O–H groups in total. The molecule has 6 heteroatoms. The number of rotatable bonds is 4. The van der Waals surface area contributed by atoms with E-state index in [9.17, 15) is 9.90 Å². The first-order valence-corrected chi connectivity index (χ1v) is 7.66. The smallest absolute Gasteiger partial charge is 0.226 e. The molecule has 20 heavy (non-hydrogen) atoms. The maximum absolute atomic E-state index is 11.9. The van der Waals surface area contributed by atoms with Gasteiger partial charge in [-0.1, -0.05) is 6.92 Å². The normalized spacial score (nSPS) is 23.2. The molecule has 5 nitrogen and oxygen atoms in total. The number of nitriles is 1. The van der Waals surface area contributed by atoms with E-state index in [0.717, 1.165) is 19.5 Å². The maximum atomic E-state index is 11.9. The molecule has 2 rings (SSSR count). The van der Waals surface area contributed by atoms with Gasteiger partial charge in [0.1, 0.15) is 11.1 Å². The number of carbonyl (C=O) groups is 1. The second-order valence-corrected chi connectivity index (χ2v) is 6.12. The Labute approximate surface area is 122 Å². The fourth-order valence-corrected chi connectivity index (χ4v) is 3.12. The van der Waals surface area contributed by atoms with Crippen molar-refractivity contribution in [2.45, 2.75) is 25.9 Å². The van der Waals surface area contributed by atoms with Gasteiger partial charge in [0, 0.05) is 26.1 Å². The van der Waals surface area contributed by atoms with Crippen LogP contribution in [0.2, 0.25) is 0 Å². The van der Waals surface area contributed by atoms with E-state index in [0.29, 0.717) is 23.5 Å². The quantitative estimate of drug-likeness (QED) is 0.885. The number of aliphatic hydroxyl groups excluding tert-OH is 1. The summed E-state index contributed by atoms with van der Waals surface area (Å²) in [5.74, 6) is 0.192. The molecule has 1 aliphatic heterocycles. The lowest BCUT2D eigenvalue weighted by Crippen LogP contribution is -2.42. The largest absolute Gasteiger partial charge is 0.393 e. The summed E-state index contributed by atoms with van der Waals surface area (Å²) in [5.41, 5.74) is 0.512. The summed E-state index contributed by atoms with van der Waals surface area (Å²) in [6.45, 7) is 4.38. The van der Waals surface area contributed by atoms with Crippen LogP contribution in [0.5, 0.6) is 0 Å². The van der Waals surface area contributed by atoms with Crippen LogP contribution in [0.3, 0.4) is 0 Å². The molecule has 108 valence electrons. The van der Waals surface area contributed by atoms with Crippen LogP contribution in [0.4, 0.5) is 5.00 Å².